The Morgan fingerprint density at radius 1 is 1.29 bits per heavy atom. The fourth-order valence-electron chi connectivity index (χ4n) is 4.19. The fraction of sp³-hybridized carbons (Fsp3) is 0.391. The van der Waals surface area contributed by atoms with E-state index in [9.17, 15) is 4.79 Å². The van der Waals surface area contributed by atoms with E-state index in [0.717, 1.165) is 41.1 Å². The minimum Gasteiger partial charge on any atom is -0.495 e. The fourth-order valence-corrected chi connectivity index (χ4v) is 4.19. The summed E-state index contributed by atoms with van der Waals surface area (Å²) in [4.78, 5) is 24.6. The van der Waals surface area contributed by atoms with Crippen molar-refractivity contribution in [2.45, 2.75) is 25.2 Å². The molecule has 4 rings (SSSR count). The number of nitrogens with zero attached hydrogens (tertiary/aromatic N) is 6. The second-order valence-electron chi connectivity index (χ2n) is 7.87. The number of nitriles is 1. The maximum Gasteiger partial charge on any atom is 0.236 e. The van der Waals surface area contributed by atoms with Gasteiger partial charge in [-0.2, -0.15) is 5.26 Å². The molecular weight excluding hydrogens is 392 g/mol. The first-order chi connectivity index (χ1) is 15.0. The molecule has 0 atom stereocenters. The van der Waals surface area contributed by atoms with E-state index in [4.69, 9.17) is 10.00 Å². The van der Waals surface area contributed by atoms with Crippen molar-refractivity contribution in [2.75, 3.05) is 32.1 Å². The number of carbonyl (C=O) groups is 1. The lowest BCUT2D eigenvalue weighted by Gasteiger charge is -2.32. The molecule has 0 bridgehead atoms. The lowest BCUT2D eigenvalue weighted by Crippen LogP contribution is -2.37. The van der Waals surface area contributed by atoms with Gasteiger partial charge in [-0.15, -0.1) is 0 Å². The SMILES string of the molecule is COc1cc(C2CCN(C(=O)CC#N)CC2)ccc1N(C)c1cc2c(cn1)ncn2C. The van der Waals surface area contributed by atoms with E-state index in [1.807, 2.05) is 35.7 Å². The normalized spacial score (nSPS) is 14.5. The van der Waals surface area contributed by atoms with Gasteiger partial charge in [0.1, 0.15) is 23.5 Å². The molecule has 8 nitrogen and oxygen atoms in total. The van der Waals surface area contributed by atoms with Crippen LogP contribution in [0.5, 0.6) is 5.75 Å². The monoisotopic (exact) mass is 418 g/mol. The molecule has 0 saturated carbocycles. The number of pyridine rings is 1. The van der Waals surface area contributed by atoms with E-state index >= 15 is 0 Å². The summed E-state index contributed by atoms with van der Waals surface area (Å²) in [6.45, 7) is 1.37. The highest BCUT2D eigenvalue weighted by atomic mass is 16.5. The van der Waals surface area contributed by atoms with E-state index in [0.29, 0.717) is 19.0 Å². The molecule has 1 aliphatic rings. The Morgan fingerprint density at radius 3 is 2.77 bits per heavy atom. The molecule has 1 saturated heterocycles. The summed E-state index contributed by atoms with van der Waals surface area (Å²) >= 11 is 0. The number of hydrogen-bond donors (Lipinski definition) is 0. The van der Waals surface area contributed by atoms with Crippen molar-refractivity contribution < 1.29 is 9.53 Å². The van der Waals surface area contributed by atoms with Crippen LogP contribution < -0.4 is 9.64 Å². The van der Waals surface area contributed by atoms with Crippen LogP contribution in [0, 0.1) is 11.3 Å². The number of piperidine rings is 1. The summed E-state index contributed by atoms with van der Waals surface area (Å²) in [5, 5.41) is 8.74. The molecule has 1 fully saturated rings. The molecule has 1 amide bonds. The van der Waals surface area contributed by atoms with Crippen molar-refractivity contribution in [3.8, 4) is 11.8 Å². The van der Waals surface area contributed by atoms with Crippen LogP contribution >= 0.6 is 0 Å². The standard InChI is InChI=1S/C23H26N6O2/c1-27-15-26-18-14-25-22(13-20(18)27)28(2)19-5-4-17(12-21(19)31-3)16-7-10-29(11-8-16)23(30)6-9-24/h4-5,12-16H,6-8,10-11H2,1-3H3. The van der Waals surface area contributed by atoms with Crippen molar-refractivity contribution >= 4 is 28.4 Å². The van der Waals surface area contributed by atoms with Crippen molar-refractivity contribution in [3.63, 3.8) is 0 Å². The molecule has 0 spiro atoms. The van der Waals surface area contributed by atoms with Crippen LogP contribution in [0.2, 0.25) is 0 Å². The summed E-state index contributed by atoms with van der Waals surface area (Å²) in [6.07, 6.45) is 5.29. The highest BCUT2D eigenvalue weighted by Crippen LogP contribution is 2.37. The number of aromatic nitrogens is 3. The molecule has 160 valence electrons. The lowest BCUT2D eigenvalue weighted by molar-refractivity contribution is -0.131. The van der Waals surface area contributed by atoms with Crippen LogP contribution in [0.15, 0.2) is 36.8 Å². The van der Waals surface area contributed by atoms with Gasteiger partial charge in [0, 0.05) is 33.3 Å². The largest absolute Gasteiger partial charge is 0.495 e. The van der Waals surface area contributed by atoms with Crippen molar-refractivity contribution in [1.82, 2.24) is 19.4 Å². The number of amides is 1. The molecule has 1 aromatic carbocycles. The number of aryl methyl sites for hydroxylation is 1. The van der Waals surface area contributed by atoms with E-state index in [-0.39, 0.29) is 12.3 Å². The topological polar surface area (TPSA) is 87.3 Å². The van der Waals surface area contributed by atoms with Gasteiger partial charge in [-0.1, -0.05) is 6.07 Å². The molecule has 0 aliphatic carbocycles. The van der Waals surface area contributed by atoms with E-state index in [1.54, 1.807) is 24.5 Å². The van der Waals surface area contributed by atoms with Gasteiger partial charge >= 0.3 is 0 Å². The minimum atomic E-state index is -0.0756. The predicted octanol–water partition coefficient (Wildman–Crippen LogP) is 3.36. The van der Waals surface area contributed by atoms with Gasteiger partial charge < -0.3 is 19.1 Å². The van der Waals surface area contributed by atoms with Crippen LogP contribution in [0.1, 0.15) is 30.7 Å². The van der Waals surface area contributed by atoms with Crippen LogP contribution in [-0.4, -0.2) is 52.6 Å². The Hall–Kier alpha value is -3.60. The number of imidazole rings is 1. The third-order valence-electron chi connectivity index (χ3n) is 6.06. The van der Waals surface area contributed by atoms with Gasteiger partial charge in [-0.3, -0.25) is 4.79 Å². The van der Waals surface area contributed by atoms with Crippen molar-refractivity contribution in [3.05, 3.63) is 42.4 Å². The van der Waals surface area contributed by atoms with Gasteiger partial charge in [0.15, 0.2) is 0 Å². The molecule has 8 heteroatoms. The molecule has 3 heterocycles. The molecule has 0 unspecified atom stereocenters. The number of ether oxygens (including phenoxy) is 1. The number of rotatable bonds is 5. The van der Waals surface area contributed by atoms with Gasteiger partial charge in [-0.25, -0.2) is 9.97 Å². The third-order valence-corrected chi connectivity index (χ3v) is 6.06. The zero-order valence-corrected chi connectivity index (χ0v) is 18.1. The van der Waals surface area contributed by atoms with E-state index in [2.05, 4.69) is 28.2 Å². The van der Waals surface area contributed by atoms with Gasteiger partial charge in [0.25, 0.3) is 0 Å². The summed E-state index contributed by atoms with van der Waals surface area (Å²) in [7, 11) is 5.62. The Kier molecular flexibility index (Phi) is 5.76. The van der Waals surface area contributed by atoms with Crippen LogP contribution in [0.3, 0.4) is 0 Å². The Bertz CT molecular complexity index is 1140. The predicted molar refractivity (Wildman–Crippen MR) is 118 cm³/mol. The maximum absolute atomic E-state index is 11.9. The molecular formula is C23H26N6O2. The average molecular weight is 419 g/mol. The average Bonchev–Trinajstić information content (AvgIpc) is 3.18. The zero-order chi connectivity index (χ0) is 22.0. The minimum absolute atomic E-state index is 0.0435. The Labute approximate surface area is 181 Å². The van der Waals surface area contributed by atoms with E-state index in [1.165, 1.54) is 5.56 Å². The maximum atomic E-state index is 11.9. The first-order valence-electron chi connectivity index (χ1n) is 10.3. The second-order valence-corrected chi connectivity index (χ2v) is 7.87. The van der Waals surface area contributed by atoms with Gasteiger partial charge in [0.05, 0.1) is 36.9 Å². The number of likely N-dealkylation sites (tertiary alicyclic amines) is 1. The summed E-state index contributed by atoms with van der Waals surface area (Å²) in [5.41, 5.74) is 4.02. The highest BCUT2D eigenvalue weighted by molar-refractivity contribution is 5.80. The quantitative estimate of drug-likeness (QED) is 0.631. The molecule has 2 aromatic heterocycles. The first-order valence-corrected chi connectivity index (χ1v) is 10.3. The number of carbonyl (C=O) groups excluding carboxylic acids is 1. The number of methoxy groups -OCH3 is 1. The summed E-state index contributed by atoms with van der Waals surface area (Å²) in [6, 6.07) is 10.2. The first kappa shape index (κ1) is 20.7. The number of anilines is 2. The highest BCUT2D eigenvalue weighted by Gasteiger charge is 2.24. The number of benzene rings is 1. The number of hydrogen-bond acceptors (Lipinski definition) is 6. The zero-order valence-electron chi connectivity index (χ0n) is 18.1. The van der Waals surface area contributed by atoms with Crippen LogP contribution in [0.4, 0.5) is 11.5 Å². The molecule has 0 N–H and O–H groups in total. The molecule has 3 aromatic rings. The molecule has 0 radical (unpaired) electrons. The van der Waals surface area contributed by atoms with Crippen LogP contribution in [-0.2, 0) is 11.8 Å². The summed E-state index contributed by atoms with van der Waals surface area (Å²) in [5.74, 6) is 1.89. The van der Waals surface area contributed by atoms with Crippen molar-refractivity contribution in [1.29, 1.82) is 5.26 Å². The molecule has 1 aliphatic heterocycles. The van der Waals surface area contributed by atoms with Gasteiger partial charge in [-0.05, 0) is 36.5 Å². The Balaban J connectivity index is 1.53. The van der Waals surface area contributed by atoms with Crippen molar-refractivity contribution in [2.24, 2.45) is 7.05 Å². The smallest absolute Gasteiger partial charge is 0.236 e. The second kappa shape index (κ2) is 8.64. The van der Waals surface area contributed by atoms with Crippen LogP contribution in [0.25, 0.3) is 11.0 Å². The van der Waals surface area contributed by atoms with Gasteiger partial charge in [0.2, 0.25) is 5.91 Å². The molecule has 31 heavy (non-hydrogen) atoms. The lowest BCUT2D eigenvalue weighted by atomic mass is 9.89. The Morgan fingerprint density at radius 2 is 2.06 bits per heavy atom. The number of fused-ring (bicyclic) bond motifs is 1. The van der Waals surface area contributed by atoms with E-state index < -0.39 is 0 Å². The third kappa shape index (κ3) is 4.04. The summed E-state index contributed by atoms with van der Waals surface area (Å²) < 4.78 is 7.69.